The van der Waals surface area contributed by atoms with Crippen LogP contribution in [0.25, 0.3) is 0 Å². The number of aliphatic imine (C=N–C) groups is 1. The molecule has 8 heteroatoms. The van der Waals surface area contributed by atoms with E-state index in [9.17, 15) is 4.39 Å². The summed E-state index contributed by atoms with van der Waals surface area (Å²) in [5.74, 6) is 0.314. The van der Waals surface area contributed by atoms with Crippen LogP contribution in [-0.4, -0.2) is 55.2 Å². The quantitative estimate of drug-likeness (QED) is 0.556. The molecular formula is C21H27ClFN5O. The van der Waals surface area contributed by atoms with E-state index >= 15 is 0 Å². The van der Waals surface area contributed by atoms with E-state index in [1.165, 1.54) is 6.07 Å². The standard InChI is InChI=1S/C21H27ClFN5O/c1-15-14-28(10-11-29-15)19(20-17(22)7-5-8-18(20)23)13-27-21(24-2)26-12-16-6-3-4-9-25-16/h3-9,15,19H,10-14H2,1-2H3,(H2,24,26,27). The van der Waals surface area contributed by atoms with Crippen LogP contribution in [0.3, 0.4) is 0 Å². The molecule has 2 aromatic rings. The van der Waals surface area contributed by atoms with Gasteiger partial charge >= 0.3 is 0 Å². The second-order valence-corrected chi connectivity index (χ2v) is 7.36. The predicted molar refractivity (Wildman–Crippen MR) is 114 cm³/mol. The predicted octanol–water partition coefficient (Wildman–Crippen LogP) is 3.00. The second-order valence-electron chi connectivity index (χ2n) is 6.96. The van der Waals surface area contributed by atoms with Gasteiger partial charge < -0.3 is 15.4 Å². The molecule has 1 aliphatic rings. The summed E-state index contributed by atoms with van der Waals surface area (Å²) in [7, 11) is 1.70. The van der Waals surface area contributed by atoms with Crippen molar-refractivity contribution in [3.63, 3.8) is 0 Å². The smallest absolute Gasteiger partial charge is 0.191 e. The first-order valence-corrected chi connectivity index (χ1v) is 10.1. The van der Waals surface area contributed by atoms with Crippen LogP contribution >= 0.6 is 11.6 Å². The molecule has 0 bridgehead atoms. The number of ether oxygens (including phenoxy) is 1. The molecule has 0 amide bonds. The summed E-state index contributed by atoms with van der Waals surface area (Å²) in [6.45, 7) is 5.04. The van der Waals surface area contributed by atoms with Gasteiger partial charge in [0.2, 0.25) is 0 Å². The topological polar surface area (TPSA) is 61.8 Å². The Kier molecular flexibility index (Phi) is 7.80. The zero-order valence-corrected chi connectivity index (χ0v) is 17.5. The Morgan fingerprint density at radius 3 is 2.90 bits per heavy atom. The van der Waals surface area contributed by atoms with Gasteiger partial charge in [-0.15, -0.1) is 0 Å². The van der Waals surface area contributed by atoms with Gasteiger partial charge in [-0.25, -0.2) is 4.39 Å². The Bertz CT molecular complexity index is 800. The Labute approximate surface area is 176 Å². The fourth-order valence-corrected chi connectivity index (χ4v) is 3.75. The fraction of sp³-hybridized carbons (Fsp3) is 0.429. The maximum absolute atomic E-state index is 14.7. The Hall–Kier alpha value is -2.22. The number of halogens is 2. The van der Waals surface area contributed by atoms with Crippen molar-refractivity contribution >= 4 is 17.6 Å². The molecule has 2 N–H and O–H groups in total. The van der Waals surface area contributed by atoms with Crippen molar-refractivity contribution in [1.82, 2.24) is 20.5 Å². The van der Waals surface area contributed by atoms with Crippen molar-refractivity contribution in [3.8, 4) is 0 Å². The first kappa shape index (κ1) is 21.5. The molecule has 0 spiro atoms. The molecule has 2 atom stereocenters. The number of nitrogens with one attached hydrogen (secondary N) is 2. The molecule has 1 saturated heterocycles. The average Bonchev–Trinajstić information content (AvgIpc) is 2.73. The van der Waals surface area contributed by atoms with Crippen LogP contribution < -0.4 is 10.6 Å². The SMILES string of the molecule is CN=C(NCc1ccccn1)NCC(c1c(F)cccc1Cl)N1CCOC(C)C1. The maximum Gasteiger partial charge on any atom is 0.191 e. The second kappa shape index (κ2) is 10.5. The van der Waals surface area contributed by atoms with E-state index in [4.69, 9.17) is 16.3 Å². The van der Waals surface area contributed by atoms with Crippen LogP contribution in [0.2, 0.25) is 5.02 Å². The third-order valence-corrected chi connectivity index (χ3v) is 5.23. The number of hydrogen-bond acceptors (Lipinski definition) is 4. The molecule has 0 saturated carbocycles. The lowest BCUT2D eigenvalue weighted by molar-refractivity contribution is -0.0343. The van der Waals surface area contributed by atoms with Crippen molar-refractivity contribution in [2.24, 2.45) is 4.99 Å². The number of pyridine rings is 1. The van der Waals surface area contributed by atoms with Crippen LogP contribution in [-0.2, 0) is 11.3 Å². The van der Waals surface area contributed by atoms with Gasteiger partial charge in [0, 0.05) is 43.5 Å². The summed E-state index contributed by atoms with van der Waals surface area (Å²) in [4.78, 5) is 10.8. The molecule has 1 aromatic carbocycles. The van der Waals surface area contributed by atoms with Crippen LogP contribution in [0.1, 0.15) is 24.2 Å². The lowest BCUT2D eigenvalue weighted by Gasteiger charge is -2.38. The van der Waals surface area contributed by atoms with Crippen molar-refractivity contribution in [2.45, 2.75) is 25.6 Å². The summed E-state index contributed by atoms with van der Waals surface area (Å²) in [6.07, 6.45) is 1.83. The van der Waals surface area contributed by atoms with E-state index in [1.807, 2.05) is 25.1 Å². The van der Waals surface area contributed by atoms with Gasteiger partial charge in [0.15, 0.2) is 5.96 Å². The zero-order valence-electron chi connectivity index (χ0n) is 16.7. The highest BCUT2D eigenvalue weighted by molar-refractivity contribution is 6.31. The van der Waals surface area contributed by atoms with Crippen molar-refractivity contribution < 1.29 is 9.13 Å². The molecule has 3 rings (SSSR count). The fourth-order valence-electron chi connectivity index (χ4n) is 3.46. The number of morpholine rings is 1. The lowest BCUT2D eigenvalue weighted by atomic mass is 10.0. The molecule has 1 aliphatic heterocycles. The van der Waals surface area contributed by atoms with Gasteiger partial charge in [0.05, 0.1) is 31.0 Å². The number of hydrogen-bond donors (Lipinski definition) is 2. The summed E-state index contributed by atoms with van der Waals surface area (Å²) >= 11 is 6.39. The molecule has 2 heterocycles. The molecule has 2 unspecified atom stereocenters. The molecular weight excluding hydrogens is 393 g/mol. The van der Waals surface area contributed by atoms with Crippen LogP contribution in [0.15, 0.2) is 47.6 Å². The first-order chi connectivity index (χ1) is 14.1. The molecule has 1 fully saturated rings. The van der Waals surface area contributed by atoms with E-state index in [2.05, 4.69) is 25.5 Å². The molecule has 0 radical (unpaired) electrons. The zero-order chi connectivity index (χ0) is 20.6. The van der Waals surface area contributed by atoms with Crippen molar-refractivity contribution in [1.29, 1.82) is 0 Å². The molecule has 6 nitrogen and oxygen atoms in total. The summed E-state index contributed by atoms with van der Waals surface area (Å²) in [5.41, 5.74) is 1.40. The van der Waals surface area contributed by atoms with Gasteiger partial charge in [-0.05, 0) is 31.2 Å². The van der Waals surface area contributed by atoms with E-state index in [1.54, 1.807) is 25.4 Å². The Morgan fingerprint density at radius 1 is 1.34 bits per heavy atom. The first-order valence-electron chi connectivity index (χ1n) is 9.72. The van der Waals surface area contributed by atoms with E-state index in [0.717, 1.165) is 5.69 Å². The number of aromatic nitrogens is 1. The van der Waals surface area contributed by atoms with Gasteiger partial charge in [0.1, 0.15) is 5.82 Å². The van der Waals surface area contributed by atoms with Crippen molar-refractivity contribution in [3.05, 3.63) is 64.7 Å². The van der Waals surface area contributed by atoms with Gasteiger partial charge in [0.25, 0.3) is 0 Å². The summed E-state index contributed by atoms with van der Waals surface area (Å²) in [6, 6.07) is 10.3. The summed E-state index contributed by atoms with van der Waals surface area (Å²) in [5, 5.41) is 6.97. The summed E-state index contributed by atoms with van der Waals surface area (Å²) < 4.78 is 20.4. The normalized spacial score (nSPS) is 19.0. The third kappa shape index (κ3) is 5.88. The number of benzene rings is 1. The van der Waals surface area contributed by atoms with Crippen LogP contribution in [0.5, 0.6) is 0 Å². The van der Waals surface area contributed by atoms with Gasteiger partial charge in [-0.3, -0.25) is 14.9 Å². The minimum absolute atomic E-state index is 0.0818. The molecule has 1 aromatic heterocycles. The Balaban J connectivity index is 1.72. The van der Waals surface area contributed by atoms with E-state index < -0.39 is 0 Å². The molecule has 0 aliphatic carbocycles. The minimum Gasteiger partial charge on any atom is -0.376 e. The van der Waals surface area contributed by atoms with Crippen LogP contribution in [0, 0.1) is 5.82 Å². The highest BCUT2D eigenvalue weighted by atomic mass is 35.5. The van der Waals surface area contributed by atoms with E-state index in [-0.39, 0.29) is 18.0 Å². The highest BCUT2D eigenvalue weighted by Crippen LogP contribution is 2.31. The average molecular weight is 420 g/mol. The monoisotopic (exact) mass is 419 g/mol. The number of rotatable bonds is 6. The third-order valence-electron chi connectivity index (χ3n) is 4.90. The van der Waals surface area contributed by atoms with Crippen molar-refractivity contribution in [2.75, 3.05) is 33.3 Å². The Morgan fingerprint density at radius 2 is 2.21 bits per heavy atom. The lowest BCUT2D eigenvalue weighted by Crippen LogP contribution is -2.48. The molecule has 29 heavy (non-hydrogen) atoms. The number of guanidine groups is 1. The molecule has 156 valence electrons. The van der Waals surface area contributed by atoms with E-state index in [0.29, 0.717) is 49.3 Å². The van der Waals surface area contributed by atoms with Crippen LogP contribution in [0.4, 0.5) is 4.39 Å². The maximum atomic E-state index is 14.7. The highest BCUT2D eigenvalue weighted by Gasteiger charge is 2.29. The minimum atomic E-state index is -0.306. The van der Waals surface area contributed by atoms with Gasteiger partial charge in [-0.2, -0.15) is 0 Å². The van der Waals surface area contributed by atoms with Gasteiger partial charge in [-0.1, -0.05) is 23.7 Å². The number of nitrogens with zero attached hydrogens (tertiary/aromatic N) is 3. The largest absolute Gasteiger partial charge is 0.376 e.